The molecule has 1 aromatic carbocycles. The van der Waals surface area contributed by atoms with Crippen molar-refractivity contribution in [3.8, 4) is 0 Å². The number of benzene rings is 1. The minimum absolute atomic E-state index is 0.0707. The van der Waals surface area contributed by atoms with E-state index in [-0.39, 0.29) is 5.04 Å². The Hall–Kier alpha value is -1.33. The number of hydrogen-bond acceptors (Lipinski definition) is 3. The van der Waals surface area contributed by atoms with Crippen LogP contribution < -0.4 is 0 Å². The molecule has 1 atom stereocenters. The molecule has 1 unspecified atom stereocenters. The molecule has 0 amide bonds. The molecule has 22 heavy (non-hydrogen) atoms. The highest BCUT2D eigenvalue weighted by molar-refractivity contribution is 7.88. The lowest BCUT2D eigenvalue weighted by Crippen LogP contribution is -2.40. The van der Waals surface area contributed by atoms with E-state index in [1.165, 1.54) is 0 Å². The number of hydrogen-bond donors (Lipinski definition) is 0. The molecule has 0 bridgehead atoms. The molecular formula is C17H26O3SSi. The lowest BCUT2D eigenvalue weighted by atomic mass is 10.2. The van der Waals surface area contributed by atoms with Gasteiger partial charge in [0.2, 0.25) is 0 Å². The summed E-state index contributed by atoms with van der Waals surface area (Å²) in [6.45, 7) is 10.8. The monoisotopic (exact) mass is 339 g/mol. The zero-order valence-electron chi connectivity index (χ0n) is 14.3. The van der Waals surface area contributed by atoms with Crippen LogP contribution in [0.15, 0.2) is 58.7 Å². The number of ether oxygens (including phenoxy) is 1. The Bertz CT molecular complexity index is 557. The van der Waals surface area contributed by atoms with Crippen LogP contribution in [0.2, 0.25) is 18.1 Å². The highest BCUT2D eigenvalue weighted by Gasteiger charge is 2.39. The fraction of sp³-hybridized carbons (Fsp3) is 0.412. The summed E-state index contributed by atoms with van der Waals surface area (Å²) in [7, 11) is -1.67. The van der Waals surface area contributed by atoms with Gasteiger partial charge in [0.15, 0.2) is 0 Å². The summed E-state index contributed by atoms with van der Waals surface area (Å²) in [5.41, 5.74) is 0. The Labute approximate surface area is 137 Å². The summed E-state index contributed by atoms with van der Waals surface area (Å²) in [6.07, 6.45) is 3.27. The lowest BCUT2D eigenvalue weighted by molar-refractivity contribution is 0.332. The first-order chi connectivity index (χ1) is 10.2. The molecule has 3 nitrogen and oxygen atoms in total. The fourth-order valence-corrected chi connectivity index (χ4v) is 3.42. The third-order valence-corrected chi connectivity index (χ3v) is 9.29. The van der Waals surface area contributed by atoms with Gasteiger partial charge in [0.05, 0.1) is 24.2 Å². The molecule has 0 radical (unpaired) electrons. The molecule has 0 spiro atoms. The van der Waals surface area contributed by atoms with Crippen LogP contribution in [0.25, 0.3) is 0 Å². The second-order valence-corrected chi connectivity index (χ2v) is 12.6. The van der Waals surface area contributed by atoms with E-state index in [1.54, 1.807) is 24.9 Å². The third-order valence-electron chi connectivity index (χ3n) is 3.75. The summed E-state index contributed by atoms with van der Waals surface area (Å²) in [4.78, 5) is 0.754. The third kappa shape index (κ3) is 5.46. The maximum atomic E-state index is 12.4. The number of methoxy groups -OCH3 is 1. The molecule has 0 aliphatic rings. The molecule has 0 aliphatic carbocycles. The highest BCUT2D eigenvalue weighted by atomic mass is 32.2. The van der Waals surface area contributed by atoms with E-state index in [1.807, 2.05) is 30.3 Å². The molecule has 122 valence electrons. The maximum Gasteiger partial charge on any atom is 0.250 e. The van der Waals surface area contributed by atoms with Crippen molar-refractivity contribution in [2.45, 2.75) is 43.8 Å². The van der Waals surface area contributed by atoms with Gasteiger partial charge in [-0.3, -0.25) is 0 Å². The maximum absolute atomic E-state index is 12.4. The van der Waals surface area contributed by atoms with Crippen molar-refractivity contribution in [2.24, 2.45) is 0 Å². The van der Waals surface area contributed by atoms with Crippen molar-refractivity contribution in [2.75, 3.05) is 7.11 Å². The molecular weight excluding hydrogens is 313 g/mol. The minimum atomic E-state index is -2.00. The minimum Gasteiger partial charge on any atom is -0.543 e. The molecule has 5 heteroatoms. The zero-order valence-corrected chi connectivity index (χ0v) is 16.1. The second kappa shape index (κ2) is 7.79. The topological polar surface area (TPSA) is 35.5 Å². The van der Waals surface area contributed by atoms with Crippen molar-refractivity contribution in [1.29, 1.82) is 0 Å². The zero-order chi connectivity index (χ0) is 16.8. The van der Waals surface area contributed by atoms with Gasteiger partial charge in [-0.05, 0) is 30.3 Å². The molecule has 1 rings (SSSR count). The molecule has 0 heterocycles. The summed E-state index contributed by atoms with van der Waals surface area (Å²) in [6, 6.07) is 9.34. The van der Waals surface area contributed by atoms with Crippen LogP contribution in [0.4, 0.5) is 0 Å². The van der Waals surface area contributed by atoms with Gasteiger partial charge in [-0.15, -0.1) is 0 Å². The molecule has 0 fully saturated rings. The van der Waals surface area contributed by atoms with Gasteiger partial charge in [0, 0.05) is 16.4 Å². The molecule has 0 saturated carbocycles. The average molecular weight is 340 g/mol. The predicted octanol–water partition coefficient (Wildman–Crippen LogP) is 4.82. The Morgan fingerprint density at radius 2 is 1.77 bits per heavy atom. The van der Waals surface area contributed by atoms with Crippen molar-refractivity contribution in [3.63, 3.8) is 0 Å². The van der Waals surface area contributed by atoms with Crippen molar-refractivity contribution < 1.29 is 13.4 Å². The largest absolute Gasteiger partial charge is 0.543 e. The molecule has 0 aliphatic heterocycles. The molecule has 0 N–H and O–H groups in total. The van der Waals surface area contributed by atoms with E-state index < -0.39 is 19.1 Å². The molecule has 0 saturated heterocycles. The van der Waals surface area contributed by atoms with Crippen LogP contribution in [0.1, 0.15) is 20.8 Å². The second-order valence-electron chi connectivity index (χ2n) is 6.53. The van der Waals surface area contributed by atoms with Crippen molar-refractivity contribution in [3.05, 3.63) is 53.8 Å². The SMILES string of the molecule is CO/C=C/C(=[13CH]/S(=O)c1ccccc1)O[Si](C)(C)C(C)(C)C. The Morgan fingerprint density at radius 1 is 1.18 bits per heavy atom. The summed E-state index contributed by atoms with van der Waals surface area (Å²) >= 11 is 0. The van der Waals surface area contributed by atoms with Gasteiger partial charge < -0.3 is 9.16 Å². The van der Waals surface area contributed by atoms with Crippen molar-refractivity contribution in [1.82, 2.24) is 0 Å². The van der Waals surface area contributed by atoms with Gasteiger partial charge in [-0.2, -0.15) is 0 Å². The quantitative estimate of drug-likeness (QED) is 0.323. The number of rotatable bonds is 6. The first-order valence-electron chi connectivity index (χ1n) is 7.23. The van der Waals surface area contributed by atoms with Crippen LogP contribution in [0, 0.1) is 0 Å². The Kier molecular flexibility index (Phi) is 6.62. The first kappa shape index (κ1) is 18.7. The van der Waals surface area contributed by atoms with Crippen LogP contribution in [0.5, 0.6) is 0 Å². The fourth-order valence-electron chi connectivity index (χ4n) is 1.41. The lowest BCUT2D eigenvalue weighted by Gasteiger charge is -2.36. The van der Waals surface area contributed by atoms with E-state index in [0.29, 0.717) is 5.76 Å². The standard InChI is InChI=1S/C17H26O3SSi/c1-17(2,3)22(5,6)20-15(12-13-19-4)14-21(18)16-10-8-7-9-11-16/h7-14H,1-6H3/b13-12+,15-14-/i14+1. The van der Waals surface area contributed by atoms with Gasteiger partial charge >= 0.3 is 0 Å². The van der Waals surface area contributed by atoms with Crippen LogP contribution in [-0.2, 0) is 20.0 Å². The smallest absolute Gasteiger partial charge is 0.250 e. The normalized spacial score (nSPS) is 14.9. The summed E-state index contributed by atoms with van der Waals surface area (Å²) in [5.74, 6) is 0.593. The van der Waals surface area contributed by atoms with Gasteiger partial charge in [0.25, 0.3) is 8.32 Å². The summed E-state index contributed by atoms with van der Waals surface area (Å²) < 4.78 is 23.7. The van der Waals surface area contributed by atoms with Crippen LogP contribution in [0.3, 0.4) is 0 Å². The molecule has 0 aromatic heterocycles. The van der Waals surface area contributed by atoms with Crippen LogP contribution in [-0.4, -0.2) is 19.6 Å². The first-order valence-corrected chi connectivity index (χ1v) is 11.4. The molecule has 1 aromatic rings. The van der Waals surface area contributed by atoms with Crippen molar-refractivity contribution >= 4 is 19.1 Å². The highest BCUT2D eigenvalue weighted by Crippen LogP contribution is 2.38. The van der Waals surface area contributed by atoms with Gasteiger partial charge in [0.1, 0.15) is 5.76 Å². The predicted molar refractivity (Wildman–Crippen MR) is 95.4 cm³/mol. The average Bonchev–Trinajstić information content (AvgIpc) is 2.44. The van der Waals surface area contributed by atoms with Crippen LogP contribution >= 0.6 is 0 Å². The van der Waals surface area contributed by atoms with E-state index in [2.05, 4.69) is 33.9 Å². The Balaban J connectivity index is 3.06. The Morgan fingerprint density at radius 3 is 2.27 bits per heavy atom. The van der Waals surface area contributed by atoms with E-state index in [9.17, 15) is 4.21 Å². The van der Waals surface area contributed by atoms with Gasteiger partial charge in [-0.25, -0.2) is 4.21 Å². The number of allylic oxidation sites excluding steroid dienone is 1. The van der Waals surface area contributed by atoms with E-state index in [0.717, 1.165) is 4.90 Å². The van der Waals surface area contributed by atoms with Gasteiger partial charge in [-0.1, -0.05) is 39.0 Å². The summed E-state index contributed by atoms with van der Waals surface area (Å²) in [5, 5.41) is 1.71. The van der Waals surface area contributed by atoms with E-state index >= 15 is 0 Å². The van der Waals surface area contributed by atoms with E-state index in [4.69, 9.17) is 9.16 Å².